The minimum Gasteiger partial charge on any atom is -0.390 e. The summed E-state index contributed by atoms with van der Waals surface area (Å²) in [6.07, 6.45) is -0.542. The predicted molar refractivity (Wildman–Crippen MR) is 91.3 cm³/mol. The number of nitrogens with one attached hydrogen (secondary N) is 2. The standard InChI is InChI=1S/C19H22N2O3/c1-12(22)14-8-6-13(7-9-14)11-20-19(24)21-18-16-5-3-2-4-15(16)10-17(18)23/h2-9,12,17-18,22-23H,10-11H2,1H3,(H2,20,21,24). The molecule has 5 heteroatoms. The molecule has 3 unspecified atom stereocenters. The Balaban J connectivity index is 1.56. The van der Waals surface area contributed by atoms with Crippen LogP contribution in [0, 0.1) is 0 Å². The minimum absolute atomic E-state index is 0.310. The second-order valence-electron chi connectivity index (χ2n) is 6.19. The van der Waals surface area contributed by atoms with Crippen LogP contribution in [-0.2, 0) is 13.0 Å². The highest BCUT2D eigenvalue weighted by Gasteiger charge is 2.31. The van der Waals surface area contributed by atoms with Crippen LogP contribution in [0.3, 0.4) is 0 Å². The second-order valence-corrected chi connectivity index (χ2v) is 6.19. The number of carbonyl (C=O) groups is 1. The zero-order valence-corrected chi connectivity index (χ0v) is 13.6. The third-order valence-electron chi connectivity index (χ3n) is 4.41. The Morgan fingerprint density at radius 2 is 1.92 bits per heavy atom. The molecule has 2 aromatic carbocycles. The van der Waals surface area contributed by atoms with Crippen LogP contribution in [0.1, 0.15) is 41.3 Å². The molecule has 0 radical (unpaired) electrons. The van der Waals surface area contributed by atoms with Crippen molar-refractivity contribution < 1.29 is 15.0 Å². The molecule has 2 amide bonds. The van der Waals surface area contributed by atoms with Gasteiger partial charge in [0.15, 0.2) is 0 Å². The zero-order chi connectivity index (χ0) is 17.1. The van der Waals surface area contributed by atoms with E-state index in [0.717, 1.165) is 22.3 Å². The molecule has 4 N–H and O–H groups in total. The van der Waals surface area contributed by atoms with Crippen molar-refractivity contribution in [2.45, 2.75) is 38.1 Å². The Hall–Kier alpha value is -2.37. The van der Waals surface area contributed by atoms with Crippen LogP contribution in [0.25, 0.3) is 0 Å². The molecular formula is C19H22N2O3. The number of hydrogen-bond acceptors (Lipinski definition) is 3. The van der Waals surface area contributed by atoms with Crippen LogP contribution in [-0.4, -0.2) is 22.3 Å². The van der Waals surface area contributed by atoms with Crippen LogP contribution >= 0.6 is 0 Å². The van der Waals surface area contributed by atoms with Gasteiger partial charge in [-0.1, -0.05) is 48.5 Å². The van der Waals surface area contributed by atoms with Crippen LogP contribution in [0.4, 0.5) is 4.79 Å². The Labute approximate surface area is 141 Å². The average Bonchev–Trinajstić information content (AvgIpc) is 2.89. The topological polar surface area (TPSA) is 81.6 Å². The summed E-state index contributed by atoms with van der Waals surface area (Å²) < 4.78 is 0. The van der Waals surface area contributed by atoms with E-state index in [1.165, 1.54) is 0 Å². The molecular weight excluding hydrogens is 304 g/mol. The van der Waals surface area contributed by atoms with Crippen molar-refractivity contribution in [3.8, 4) is 0 Å². The number of carbonyl (C=O) groups excluding carboxylic acids is 1. The molecule has 0 saturated carbocycles. The Kier molecular flexibility index (Phi) is 4.83. The molecule has 1 aliphatic carbocycles. The fraction of sp³-hybridized carbons (Fsp3) is 0.316. The lowest BCUT2D eigenvalue weighted by atomic mass is 10.1. The monoisotopic (exact) mass is 326 g/mol. The summed E-state index contributed by atoms with van der Waals surface area (Å²) in [5.41, 5.74) is 3.83. The van der Waals surface area contributed by atoms with E-state index in [4.69, 9.17) is 0 Å². The van der Waals surface area contributed by atoms with Gasteiger partial charge in [0, 0.05) is 13.0 Å². The lowest BCUT2D eigenvalue weighted by Crippen LogP contribution is -2.40. The molecule has 3 rings (SSSR count). The Bertz CT molecular complexity index is 713. The van der Waals surface area contributed by atoms with Crippen LogP contribution < -0.4 is 10.6 Å². The summed E-state index contributed by atoms with van der Waals surface area (Å²) in [7, 11) is 0. The van der Waals surface area contributed by atoms with Gasteiger partial charge in [-0.05, 0) is 29.2 Å². The lowest BCUT2D eigenvalue weighted by molar-refractivity contribution is 0.142. The molecule has 5 nitrogen and oxygen atoms in total. The molecule has 0 bridgehead atoms. The number of rotatable bonds is 4. The van der Waals surface area contributed by atoms with Crippen molar-refractivity contribution >= 4 is 6.03 Å². The van der Waals surface area contributed by atoms with E-state index in [0.29, 0.717) is 13.0 Å². The summed E-state index contributed by atoms with van der Waals surface area (Å²) in [5.74, 6) is 0. The van der Waals surface area contributed by atoms with Crippen molar-refractivity contribution in [2.75, 3.05) is 0 Å². The first-order valence-electron chi connectivity index (χ1n) is 8.11. The molecule has 126 valence electrons. The number of aliphatic hydroxyl groups excluding tert-OH is 2. The van der Waals surface area contributed by atoms with Crippen molar-refractivity contribution in [2.24, 2.45) is 0 Å². The number of hydrogen-bond donors (Lipinski definition) is 4. The van der Waals surface area contributed by atoms with Crippen molar-refractivity contribution in [1.82, 2.24) is 10.6 Å². The Morgan fingerprint density at radius 1 is 1.21 bits per heavy atom. The SMILES string of the molecule is CC(O)c1ccc(CNC(=O)NC2c3ccccc3CC2O)cc1. The van der Waals surface area contributed by atoms with Crippen molar-refractivity contribution in [1.29, 1.82) is 0 Å². The molecule has 0 aromatic heterocycles. The average molecular weight is 326 g/mol. The first kappa shape index (κ1) is 16.5. The van der Waals surface area contributed by atoms with Crippen LogP contribution in [0.5, 0.6) is 0 Å². The fourth-order valence-electron chi connectivity index (χ4n) is 3.04. The first-order valence-corrected chi connectivity index (χ1v) is 8.11. The number of aliphatic hydroxyl groups is 2. The quantitative estimate of drug-likeness (QED) is 0.695. The maximum atomic E-state index is 12.1. The van der Waals surface area contributed by atoms with Crippen LogP contribution in [0.15, 0.2) is 48.5 Å². The molecule has 0 aliphatic heterocycles. The molecule has 2 aromatic rings. The highest BCUT2D eigenvalue weighted by molar-refractivity contribution is 5.74. The van der Waals surface area contributed by atoms with Gasteiger partial charge in [0.05, 0.1) is 18.2 Å². The molecule has 1 aliphatic rings. The zero-order valence-electron chi connectivity index (χ0n) is 13.6. The number of benzene rings is 2. The van der Waals surface area contributed by atoms with Crippen molar-refractivity contribution in [3.63, 3.8) is 0 Å². The number of urea groups is 1. The molecule has 3 atom stereocenters. The third kappa shape index (κ3) is 3.58. The molecule has 0 fully saturated rings. The number of fused-ring (bicyclic) bond motifs is 1. The summed E-state index contributed by atoms with van der Waals surface area (Å²) in [6, 6.07) is 14.5. The summed E-state index contributed by atoms with van der Waals surface area (Å²) in [6.45, 7) is 2.10. The smallest absolute Gasteiger partial charge is 0.315 e. The summed E-state index contributed by atoms with van der Waals surface area (Å²) in [4.78, 5) is 12.1. The second kappa shape index (κ2) is 7.03. The highest BCUT2D eigenvalue weighted by Crippen LogP contribution is 2.31. The van der Waals surface area contributed by atoms with Gasteiger partial charge in [0.25, 0.3) is 0 Å². The van der Waals surface area contributed by atoms with E-state index in [9.17, 15) is 15.0 Å². The molecule has 0 saturated heterocycles. The van der Waals surface area contributed by atoms with E-state index >= 15 is 0 Å². The largest absolute Gasteiger partial charge is 0.390 e. The minimum atomic E-state index is -0.599. The maximum Gasteiger partial charge on any atom is 0.315 e. The lowest BCUT2D eigenvalue weighted by Gasteiger charge is -2.18. The van der Waals surface area contributed by atoms with E-state index in [2.05, 4.69) is 10.6 Å². The van der Waals surface area contributed by atoms with Gasteiger partial charge >= 0.3 is 6.03 Å². The van der Waals surface area contributed by atoms with E-state index < -0.39 is 12.2 Å². The van der Waals surface area contributed by atoms with Gasteiger partial charge in [-0.3, -0.25) is 0 Å². The van der Waals surface area contributed by atoms with E-state index in [1.807, 2.05) is 48.5 Å². The number of amides is 2. The Morgan fingerprint density at radius 3 is 2.62 bits per heavy atom. The van der Waals surface area contributed by atoms with E-state index in [-0.39, 0.29) is 12.1 Å². The van der Waals surface area contributed by atoms with Crippen molar-refractivity contribution in [3.05, 3.63) is 70.8 Å². The third-order valence-corrected chi connectivity index (χ3v) is 4.41. The maximum absolute atomic E-state index is 12.1. The van der Waals surface area contributed by atoms with Gasteiger partial charge in [-0.25, -0.2) is 4.79 Å². The molecule has 24 heavy (non-hydrogen) atoms. The first-order chi connectivity index (χ1) is 11.5. The fourth-order valence-corrected chi connectivity index (χ4v) is 3.04. The highest BCUT2D eigenvalue weighted by atomic mass is 16.3. The molecule has 0 spiro atoms. The van der Waals surface area contributed by atoms with Crippen LogP contribution in [0.2, 0.25) is 0 Å². The summed E-state index contributed by atoms with van der Waals surface area (Å²) >= 11 is 0. The van der Waals surface area contributed by atoms with Gasteiger partial charge < -0.3 is 20.8 Å². The molecule has 0 heterocycles. The predicted octanol–water partition coefficient (Wildman–Crippen LogP) is 2.20. The van der Waals surface area contributed by atoms with Gasteiger partial charge in [0.2, 0.25) is 0 Å². The van der Waals surface area contributed by atoms with Gasteiger partial charge in [-0.15, -0.1) is 0 Å². The normalized spacial score (nSPS) is 20.3. The van der Waals surface area contributed by atoms with Gasteiger partial charge in [0.1, 0.15) is 0 Å². The van der Waals surface area contributed by atoms with E-state index in [1.54, 1.807) is 6.92 Å². The van der Waals surface area contributed by atoms with Gasteiger partial charge in [-0.2, -0.15) is 0 Å². The summed E-state index contributed by atoms with van der Waals surface area (Å²) in [5, 5.41) is 25.3.